The van der Waals surface area contributed by atoms with Gasteiger partial charge in [-0.25, -0.2) is 0 Å². The molecule has 0 spiro atoms. The van der Waals surface area contributed by atoms with Gasteiger partial charge in [0, 0.05) is 24.7 Å². The van der Waals surface area contributed by atoms with E-state index in [0.29, 0.717) is 35.0 Å². The third kappa shape index (κ3) is 5.12. The number of halogens is 1. The molecule has 0 bridgehead atoms. The molecule has 5 nitrogen and oxygen atoms in total. The van der Waals surface area contributed by atoms with Crippen LogP contribution in [0.1, 0.15) is 38.1 Å². The van der Waals surface area contributed by atoms with Gasteiger partial charge in [-0.1, -0.05) is 27.7 Å². The van der Waals surface area contributed by atoms with Gasteiger partial charge in [0.15, 0.2) is 0 Å². The van der Waals surface area contributed by atoms with Gasteiger partial charge in [-0.2, -0.15) is 0 Å². The van der Waals surface area contributed by atoms with Crippen molar-refractivity contribution in [1.82, 2.24) is 4.90 Å². The van der Waals surface area contributed by atoms with Crippen molar-refractivity contribution in [2.24, 2.45) is 11.8 Å². The van der Waals surface area contributed by atoms with Crippen molar-refractivity contribution >= 4 is 27.5 Å². The first-order chi connectivity index (χ1) is 9.72. The molecule has 0 atom stereocenters. The summed E-state index contributed by atoms with van der Waals surface area (Å²) >= 11 is 3.13. The lowest BCUT2D eigenvalue weighted by Gasteiger charge is -2.26. The average Bonchev–Trinajstić information content (AvgIpc) is 2.36. The summed E-state index contributed by atoms with van der Waals surface area (Å²) in [7, 11) is 0. The van der Waals surface area contributed by atoms with Crippen molar-refractivity contribution in [3.63, 3.8) is 0 Å². The Hall–Kier alpha value is -1.43. The van der Waals surface area contributed by atoms with E-state index in [1.54, 1.807) is 17.0 Å². The second-order valence-electron chi connectivity index (χ2n) is 5.92. The first-order valence-corrected chi connectivity index (χ1v) is 7.74. The third-order valence-electron chi connectivity index (χ3n) is 2.85. The Bertz CT molecular complexity index is 520. The highest BCUT2D eigenvalue weighted by molar-refractivity contribution is 9.10. The molecular weight excluding hydrogens is 336 g/mol. The van der Waals surface area contributed by atoms with Gasteiger partial charge in [0.2, 0.25) is 0 Å². The van der Waals surface area contributed by atoms with E-state index in [9.17, 15) is 14.9 Å². The molecule has 1 aromatic carbocycles. The van der Waals surface area contributed by atoms with E-state index in [1.165, 1.54) is 6.07 Å². The molecule has 0 aliphatic carbocycles. The number of hydrogen-bond acceptors (Lipinski definition) is 3. The monoisotopic (exact) mass is 356 g/mol. The summed E-state index contributed by atoms with van der Waals surface area (Å²) < 4.78 is 0.378. The summed E-state index contributed by atoms with van der Waals surface area (Å²) in [6.07, 6.45) is 0. The zero-order chi connectivity index (χ0) is 16.2. The van der Waals surface area contributed by atoms with Gasteiger partial charge in [0.05, 0.1) is 9.40 Å². The molecular formula is C15H21BrN2O3. The number of hydrogen-bond donors (Lipinski definition) is 0. The topological polar surface area (TPSA) is 63.5 Å². The van der Waals surface area contributed by atoms with Crippen molar-refractivity contribution < 1.29 is 9.72 Å². The third-order valence-corrected chi connectivity index (χ3v) is 3.52. The molecule has 0 aliphatic heterocycles. The van der Waals surface area contributed by atoms with Gasteiger partial charge in [-0.05, 0) is 39.9 Å². The van der Waals surface area contributed by atoms with E-state index < -0.39 is 4.92 Å². The fourth-order valence-corrected chi connectivity index (χ4v) is 2.48. The van der Waals surface area contributed by atoms with Crippen LogP contribution in [0.25, 0.3) is 0 Å². The van der Waals surface area contributed by atoms with Crippen molar-refractivity contribution in [3.05, 3.63) is 38.3 Å². The summed E-state index contributed by atoms with van der Waals surface area (Å²) in [5.41, 5.74) is 0.265. The van der Waals surface area contributed by atoms with Crippen LogP contribution in [0.4, 0.5) is 5.69 Å². The molecule has 0 fully saturated rings. The molecule has 21 heavy (non-hydrogen) atoms. The summed E-state index contributed by atoms with van der Waals surface area (Å²) in [4.78, 5) is 24.8. The van der Waals surface area contributed by atoms with Crippen molar-refractivity contribution in [2.75, 3.05) is 13.1 Å². The SMILES string of the molecule is CC(C)CN(CC(C)C)C(=O)c1ccc(Br)c([N+](=O)[O-])c1. The summed E-state index contributed by atoms with van der Waals surface area (Å²) in [6, 6.07) is 4.50. The van der Waals surface area contributed by atoms with Gasteiger partial charge < -0.3 is 4.90 Å². The zero-order valence-electron chi connectivity index (χ0n) is 12.8. The molecule has 0 aliphatic rings. The molecule has 0 aromatic heterocycles. The van der Waals surface area contributed by atoms with Crippen LogP contribution in [-0.2, 0) is 0 Å². The molecule has 0 saturated heterocycles. The second-order valence-corrected chi connectivity index (χ2v) is 6.78. The number of nitro benzene ring substituents is 1. The lowest BCUT2D eigenvalue weighted by Crippen LogP contribution is -2.37. The quantitative estimate of drug-likeness (QED) is 0.568. The molecule has 0 saturated carbocycles. The fourth-order valence-electron chi connectivity index (χ4n) is 2.09. The van der Waals surface area contributed by atoms with E-state index >= 15 is 0 Å². The Balaban J connectivity index is 3.08. The maximum atomic E-state index is 12.6. The Morgan fingerprint density at radius 3 is 2.19 bits per heavy atom. The predicted molar refractivity (Wildman–Crippen MR) is 86.4 cm³/mol. The Morgan fingerprint density at radius 2 is 1.76 bits per heavy atom. The molecule has 116 valence electrons. The second kappa shape index (κ2) is 7.54. The van der Waals surface area contributed by atoms with Crippen LogP contribution in [0, 0.1) is 22.0 Å². The van der Waals surface area contributed by atoms with Gasteiger partial charge in [-0.3, -0.25) is 14.9 Å². The smallest absolute Gasteiger partial charge is 0.284 e. The van der Waals surface area contributed by atoms with E-state index in [4.69, 9.17) is 0 Å². The lowest BCUT2D eigenvalue weighted by molar-refractivity contribution is -0.385. The number of nitro groups is 1. The summed E-state index contributed by atoms with van der Waals surface area (Å²) in [6.45, 7) is 9.46. The maximum Gasteiger partial charge on any atom is 0.284 e. The van der Waals surface area contributed by atoms with E-state index in [1.807, 2.05) is 27.7 Å². The van der Waals surface area contributed by atoms with Crippen LogP contribution in [-0.4, -0.2) is 28.8 Å². The molecule has 0 unspecified atom stereocenters. The minimum Gasteiger partial charge on any atom is -0.338 e. The Morgan fingerprint density at radius 1 is 1.24 bits per heavy atom. The highest BCUT2D eigenvalue weighted by Crippen LogP contribution is 2.26. The molecule has 0 heterocycles. The van der Waals surface area contributed by atoms with Crippen LogP contribution in [0.15, 0.2) is 22.7 Å². The van der Waals surface area contributed by atoms with Crippen molar-refractivity contribution in [1.29, 1.82) is 0 Å². The molecule has 0 radical (unpaired) electrons. The van der Waals surface area contributed by atoms with E-state index in [-0.39, 0.29) is 11.6 Å². The van der Waals surface area contributed by atoms with Gasteiger partial charge >= 0.3 is 0 Å². The first kappa shape index (κ1) is 17.6. The maximum absolute atomic E-state index is 12.6. The number of carbonyl (C=O) groups is 1. The average molecular weight is 357 g/mol. The molecule has 1 amide bonds. The minimum absolute atomic E-state index is 0.0881. The molecule has 0 N–H and O–H groups in total. The van der Waals surface area contributed by atoms with Crippen LogP contribution in [0.3, 0.4) is 0 Å². The largest absolute Gasteiger partial charge is 0.338 e. The highest BCUT2D eigenvalue weighted by atomic mass is 79.9. The zero-order valence-corrected chi connectivity index (χ0v) is 14.4. The summed E-state index contributed by atoms with van der Waals surface area (Å²) in [5, 5.41) is 11.0. The molecule has 6 heteroatoms. The van der Waals surface area contributed by atoms with Crippen LogP contribution in [0.2, 0.25) is 0 Å². The minimum atomic E-state index is -0.490. The predicted octanol–water partition coefficient (Wildman–Crippen LogP) is 4.11. The van der Waals surface area contributed by atoms with Crippen molar-refractivity contribution in [2.45, 2.75) is 27.7 Å². The van der Waals surface area contributed by atoms with Crippen molar-refractivity contribution in [3.8, 4) is 0 Å². The normalized spacial score (nSPS) is 11.0. The number of carbonyl (C=O) groups excluding carboxylic acids is 1. The first-order valence-electron chi connectivity index (χ1n) is 6.95. The summed E-state index contributed by atoms with van der Waals surface area (Å²) in [5.74, 6) is 0.532. The van der Waals surface area contributed by atoms with Gasteiger partial charge in [0.25, 0.3) is 11.6 Å². The van der Waals surface area contributed by atoms with Gasteiger partial charge in [-0.15, -0.1) is 0 Å². The lowest BCUT2D eigenvalue weighted by atomic mass is 10.1. The van der Waals surface area contributed by atoms with E-state index in [2.05, 4.69) is 15.9 Å². The molecule has 1 aromatic rings. The Kier molecular flexibility index (Phi) is 6.33. The standard InChI is InChI=1S/C15H21BrN2O3/c1-10(2)8-17(9-11(3)4)15(19)12-5-6-13(16)14(7-12)18(20)21/h5-7,10-11H,8-9H2,1-4H3. The fraction of sp³-hybridized carbons (Fsp3) is 0.533. The number of rotatable bonds is 6. The number of amides is 1. The van der Waals surface area contributed by atoms with E-state index in [0.717, 1.165) is 0 Å². The number of benzene rings is 1. The van der Waals surface area contributed by atoms with Crippen LogP contribution >= 0.6 is 15.9 Å². The van der Waals surface area contributed by atoms with Gasteiger partial charge in [0.1, 0.15) is 0 Å². The van der Waals surface area contributed by atoms with Crippen LogP contribution < -0.4 is 0 Å². The van der Waals surface area contributed by atoms with Crippen LogP contribution in [0.5, 0.6) is 0 Å². The number of nitrogens with zero attached hydrogens (tertiary/aromatic N) is 2. The molecule has 1 rings (SSSR count). The highest BCUT2D eigenvalue weighted by Gasteiger charge is 2.21. The Labute approximate surface area is 133 Å².